The lowest BCUT2D eigenvalue weighted by Gasteiger charge is -2.09. The molecule has 0 aliphatic carbocycles. The Bertz CT molecular complexity index is 372. The second-order valence-corrected chi connectivity index (χ2v) is 4.45. The zero-order valence-corrected chi connectivity index (χ0v) is 11.9. The molecule has 0 atom stereocenters. The average molecular weight is 269 g/mol. The normalized spacial score (nSPS) is 10.9. The molecule has 6 heteroatoms. The van der Waals surface area contributed by atoms with Crippen LogP contribution in [0.5, 0.6) is 5.88 Å². The van der Waals surface area contributed by atoms with E-state index in [4.69, 9.17) is 19.9 Å². The summed E-state index contributed by atoms with van der Waals surface area (Å²) >= 11 is 0. The number of nitrogen functional groups attached to an aromatic ring is 1. The predicted octanol–water partition coefficient (Wildman–Crippen LogP) is 1.61. The Hall–Kier alpha value is -1.40. The van der Waals surface area contributed by atoms with Gasteiger partial charge < -0.3 is 19.9 Å². The lowest BCUT2D eigenvalue weighted by Crippen LogP contribution is -2.11. The Morgan fingerprint density at radius 3 is 2.63 bits per heavy atom. The summed E-state index contributed by atoms with van der Waals surface area (Å²) in [6.45, 7) is 6.36. The van der Waals surface area contributed by atoms with Crippen molar-refractivity contribution in [2.45, 2.75) is 26.2 Å². The van der Waals surface area contributed by atoms with Crippen LogP contribution in [0.4, 0.5) is 5.82 Å². The van der Waals surface area contributed by atoms with Crippen molar-refractivity contribution in [2.24, 2.45) is 0 Å². The summed E-state index contributed by atoms with van der Waals surface area (Å²) in [6, 6.07) is 1.62. The monoisotopic (exact) mass is 269 g/mol. The molecule has 6 nitrogen and oxygen atoms in total. The number of nitrogens with two attached hydrogens (primary N) is 1. The Labute approximate surface area is 114 Å². The first kappa shape index (κ1) is 15.7. The number of ether oxygens (including phenoxy) is 3. The first-order chi connectivity index (χ1) is 9.13. The predicted molar refractivity (Wildman–Crippen MR) is 73.3 cm³/mol. The molecule has 0 aromatic carbocycles. The molecule has 1 rings (SSSR count). The molecule has 1 aromatic rings. The van der Waals surface area contributed by atoms with E-state index in [0.29, 0.717) is 43.9 Å². The van der Waals surface area contributed by atoms with E-state index in [0.717, 1.165) is 6.42 Å². The first-order valence-corrected chi connectivity index (χ1v) is 6.47. The molecule has 108 valence electrons. The minimum Gasteiger partial charge on any atom is -0.475 e. The van der Waals surface area contributed by atoms with Gasteiger partial charge in [0, 0.05) is 32.3 Å². The standard InChI is InChI=1S/C13H23N3O3/c1-10(2)13-15-11(14)9-12(16-13)19-8-7-18-6-4-5-17-3/h9-10H,4-8H2,1-3H3,(H2,14,15,16). The minimum atomic E-state index is 0.219. The molecule has 0 amide bonds. The fourth-order valence-electron chi connectivity index (χ4n) is 1.41. The molecule has 0 aliphatic rings. The Kier molecular flexibility index (Phi) is 7.14. The molecule has 0 bridgehead atoms. The van der Waals surface area contributed by atoms with E-state index in [1.54, 1.807) is 13.2 Å². The maximum Gasteiger partial charge on any atom is 0.218 e. The van der Waals surface area contributed by atoms with Crippen molar-refractivity contribution >= 4 is 5.82 Å². The highest BCUT2D eigenvalue weighted by Gasteiger charge is 2.07. The molecule has 0 saturated heterocycles. The molecule has 0 aliphatic heterocycles. The van der Waals surface area contributed by atoms with Gasteiger partial charge in [0.25, 0.3) is 0 Å². The van der Waals surface area contributed by atoms with E-state index in [1.807, 2.05) is 13.8 Å². The fourth-order valence-corrected chi connectivity index (χ4v) is 1.41. The van der Waals surface area contributed by atoms with E-state index in [1.165, 1.54) is 0 Å². The average Bonchev–Trinajstić information content (AvgIpc) is 2.37. The number of hydrogen-bond donors (Lipinski definition) is 1. The van der Waals surface area contributed by atoms with Crippen molar-refractivity contribution in [3.63, 3.8) is 0 Å². The molecular formula is C13H23N3O3. The Morgan fingerprint density at radius 1 is 1.16 bits per heavy atom. The van der Waals surface area contributed by atoms with Crippen molar-refractivity contribution in [3.8, 4) is 5.88 Å². The molecule has 1 heterocycles. The molecule has 1 aromatic heterocycles. The second kappa shape index (κ2) is 8.66. The highest BCUT2D eigenvalue weighted by Crippen LogP contribution is 2.16. The zero-order valence-electron chi connectivity index (χ0n) is 11.9. The van der Waals surface area contributed by atoms with E-state index >= 15 is 0 Å². The zero-order chi connectivity index (χ0) is 14.1. The smallest absolute Gasteiger partial charge is 0.218 e. The van der Waals surface area contributed by atoms with Crippen LogP contribution in [-0.2, 0) is 9.47 Å². The third-order valence-electron chi connectivity index (χ3n) is 2.37. The van der Waals surface area contributed by atoms with Crippen LogP contribution >= 0.6 is 0 Å². The summed E-state index contributed by atoms with van der Waals surface area (Å²) in [4.78, 5) is 8.44. The number of aromatic nitrogens is 2. The third kappa shape index (κ3) is 6.35. The number of rotatable bonds is 9. The Balaban J connectivity index is 2.29. The maximum absolute atomic E-state index is 5.71. The molecular weight excluding hydrogens is 246 g/mol. The van der Waals surface area contributed by atoms with Gasteiger partial charge in [0.2, 0.25) is 5.88 Å². The fraction of sp³-hybridized carbons (Fsp3) is 0.692. The highest BCUT2D eigenvalue weighted by atomic mass is 16.5. The van der Waals surface area contributed by atoms with Crippen LogP contribution < -0.4 is 10.5 Å². The van der Waals surface area contributed by atoms with Crippen molar-refractivity contribution in [1.29, 1.82) is 0 Å². The number of hydrogen-bond acceptors (Lipinski definition) is 6. The molecule has 19 heavy (non-hydrogen) atoms. The molecule has 0 saturated carbocycles. The summed E-state index contributed by atoms with van der Waals surface area (Å²) in [5.41, 5.74) is 5.71. The van der Waals surface area contributed by atoms with Crippen LogP contribution in [0.25, 0.3) is 0 Å². The lowest BCUT2D eigenvalue weighted by atomic mass is 10.2. The topological polar surface area (TPSA) is 79.5 Å². The highest BCUT2D eigenvalue weighted by molar-refractivity contribution is 5.33. The number of methoxy groups -OCH3 is 1. The van der Waals surface area contributed by atoms with Crippen LogP contribution in [0.15, 0.2) is 6.07 Å². The van der Waals surface area contributed by atoms with Gasteiger partial charge in [0.15, 0.2) is 0 Å². The van der Waals surface area contributed by atoms with Gasteiger partial charge in [-0.25, -0.2) is 4.98 Å². The minimum absolute atomic E-state index is 0.219. The van der Waals surface area contributed by atoms with E-state index in [9.17, 15) is 0 Å². The summed E-state index contributed by atoms with van der Waals surface area (Å²) < 4.78 is 15.8. The van der Waals surface area contributed by atoms with Gasteiger partial charge in [-0.15, -0.1) is 0 Å². The summed E-state index contributed by atoms with van der Waals surface area (Å²) in [5, 5.41) is 0. The van der Waals surface area contributed by atoms with Gasteiger partial charge >= 0.3 is 0 Å². The van der Waals surface area contributed by atoms with Crippen molar-refractivity contribution < 1.29 is 14.2 Å². The first-order valence-electron chi connectivity index (χ1n) is 6.47. The van der Waals surface area contributed by atoms with Crippen molar-refractivity contribution in [1.82, 2.24) is 9.97 Å². The van der Waals surface area contributed by atoms with Gasteiger partial charge in [0.1, 0.15) is 18.2 Å². The van der Waals surface area contributed by atoms with Crippen molar-refractivity contribution in [3.05, 3.63) is 11.9 Å². The van der Waals surface area contributed by atoms with Gasteiger partial charge in [-0.2, -0.15) is 4.98 Å². The molecule has 0 unspecified atom stereocenters. The largest absolute Gasteiger partial charge is 0.475 e. The second-order valence-electron chi connectivity index (χ2n) is 4.45. The molecule has 0 fully saturated rings. The van der Waals surface area contributed by atoms with Crippen LogP contribution in [0, 0.1) is 0 Å². The SMILES string of the molecule is COCCCOCCOc1cc(N)nc(C(C)C)n1. The van der Waals surface area contributed by atoms with Gasteiger partial charge in [-0.3, -0.25) is 0 Å². The van der Waals surface area contributed by atoms with Gasteiger partial charge in [0.05, 0.1) is 6.61 Å². The third-order valence-corrected chi connectivity index (χ3v) is 2.37. The number of anilines is 1. The molecule has 2 N–H and O–H groups in total. The van der Waals surface area contributed by atoms with Gasteiger partial charge in [-0.05, 0) is 6.42 Å². The summed E-state index contributed by atoms with van der Waals surface area (Å²) in [6.07, 6.45) is 0.883. The summed E-state index contributed by atoms with van der Waals surface area (Å²) in [7, 11) is 1.68. The van der Waals surface area contributed by atoms with Crippen molar-refractivity contribution in [2.75, 3.05) is 39.3 Å². The quantitative estimate of drug-likeness (QED) is 0.686. The summed E-state index contributed by atoms with van der Waals surface area (Å²) in [5.74, 6) is 1.83. The maximum atomic E-state index is 5.71. The number of nitrogens with zero attached hydrogens (tertiary/aromatic N) is 2. The lowest BCUT2D eigenvalue weighted by molar-refractivity contribution is 0.0794. The van der Waals surface area contributed by atoms with Crippen LogP contribution in [-0.4, -0.2) is 43.5 Å². The molecule has 0 spiro atoms. The van der Waals surface area contributed by atoms with Crippen LogP contribution in [0.3, 0.4) is 0 Å². The van der Waals surface area contributed by atoms with Gasteiger partial charge in [-0.1, -0.05) is 13.8 Å². The van der Waals surface area contributed by atoms with E-state index in [2.05, 4.69) is 9.97 Å². The van der Waals surface area contributed by atoms with Crippen LogP contribution in [0.1, 0.15) is 32.0 Å². The van der Waals surface area contributed by atoms with E-state index < -0.39 is 0 Å². The molecule has 0 radical (unpaired) electrons. The Morgan fingerprint density at radius 2 is 1.95 bits per heavy atom. The van der Waals surface area contributed by atoms with E-state index in [-0.39, 0.29) is 5.92 Å². The van der Waals surface area contributed by atoms with Crippen LogP contribution in [0.2, 0.25) is 0 Å².